The summed E-state index contributed by atoms with van der Waals surface area (Å²) in [7, 11) is 1.62. The molecule has 126 valence electrons. The van der Waals surface area contributed by atoms with Crippen LogP contribution in [0.5, 0.6) is 5.75 Å². The molecular formula is C20H22FNO2. The van der Waals surface area contributed by atoms with Crippen molar-refractivity contribution in [3.63, 3.8) is 0 Å². The van der Waals surface area contributed by atoms with Crippen LogP contribution in [-0.2, 0) is 4.79 Å². The van der Waals surface area contributed by atoms with Crippen molar-refractivity contribution in [1.29, 1.82) is 0 Å². The van der Waals surface area contributed by atoms with Gasteiger partial charge in [-0.15, -0.1) is 0 Å². The minimum atomic E-state index is -0.291. The van der Waals surface area contributed by atoms with Crippen LogP contribution in [0.1, 0.15) is 31.0 Å². The van der Waals surface area contributed by atoms with Gasteiger partial charge in [-0.1, -0.05) is 24.3 Å². The van der Waals surface area contributed by atoms with Crippen molar-refractivity contribution in [2.75, 3.05) is 13.7 Å². The van der Waals surface area contributed by atoms with E-state index in [9.17, 15) is 9.18 Å². The Morgan fingerprint density at radius 1 is 1.25 bits per heavy atom. The lowest BCUT2D eigenvalue weighted by Gasteiger charge is -2.27. The summed E-state index contributed by atoms with van der Waals surface area (Å²) in [6, 6.07) is 13.7. The van der Waals surface area contributed by atoms with E-state index in [1.807, 2.05) is 38.1 Å². The number of hydrogen-bond donors (Lipinski definition) is 0. The molecule has 0 fully saturated rings. The molecule has 2 aromatic carbocycles. The second-order valence-corrected chi connectivity index (χ2v) is 5.46. The molecule has 1 amide bonds. The van der Waals surface area contributed by atoms with Crippen molar-refractivity contribution >= 4 is 12.0 Å². The number of methoxy groups -OCH3 is 1. The van der Waals surface area contributed by atoms with E-state index in [1.54, 1.807) is 30.2 Å². The molecule has 0 aliphatic carbocycles. The molecule has 0 heterocycles. The molecule has 0 aliphatic heterocycles. The van der Waals surface area contributed by atoms with Gasteiger partial charge in [0, 0.05) is 12.6 Å². The van der Waals surface area contributed by atoms with Gasteiger partial charge in [0.25, 0.3) is 0 Å². The van der Waals surface area contributed by atoms with Crippen LogP contribution in [0.15, 0.2) is 54.6 Å². The van der Waals surface area contributed by atoms with Gasteiger partial charge in [0.2, 0.25) is 5.91 Å². The lowest BCUT2D eigenvalue weighted by atomic mass is 10.1. The van der Waals surface area contributed by atoms with E-state index in [0.717, 1.165) is 16.9 Å². The van der Waals surface area contributed by atoms with Crippen molar-refractivity contribution < 1.29 is 13.9 Å². The van der Waals surface area contributed by atoms with Gasteiger partial charge >= 0.3 is 0 Å². The van der Waals surface area contributed by atoms with Gasteiger partial charge in [0.1, 0.15) is 11.6 Å². The van der Waals surface area contributed by atoms with E-state index < -0.39 is 0 Å². The molecule has 1 atom stereocenters. The molecule has 0 aliphatic rings. The Bertz CT molecular complexity index is 710. The van der Waals surface area contributed by atoms with Gasteiger partial charge < -0.3 is 9.64 Å². The molecule has 0 radical (unpaired) electrons. The van der Waals surface area contributed by atoms with Crippen molar-refractivity contribution in [2.24, 2.45) is 0 Å². The molecule has 2 aromatic rings. The largest absolute Gasteiger partial charge is 0.497 e. The highest BCUT2D eigenvalue weighted by Crippen LogP contribution is 2.24. The van der Waals surface area contributed by atoms with Crippen LogP contribution < -0.4 is 4.74 Å². The monoisotopic (exact) mass is 327 g/mol. The molecule has 0 saturated heterocycles. The third kappa shape index (κ3) is 4.44. The van der Waals surface area contributed by atoms with Gasteiger partial charge in [0.05, 0.1) is 13.2 Å². The maximum absolute atomic E-state index is 12.9. The van der Waals surface area contributed by atoms with Gasteiger partial charge in [0.15, 0.2) is 0 Å². The molecule has 24 heavy (non-hydrogen) atoms. The highest BCUT2D eigenvalue weighted by atomic mass is 19.1. The van der Waals surface area contributed by atoms with Crippen LogP contribution in [0, 0.1) is 5.82 Å². The van der Waals surface area contributed by atoms with E-state index in [-0.39, 0.29) is 17.8 Å². The van der Waals surface area contributed by atoms with Crippen LogP contribution in [0.2, 0.25) is 0 Å². The Balaban J connectivity index is 2.13. The molecule has 0 bridgehead atoms. The highest BCUT2D eigenvalue weighted by Gasteiger charge is 2.18. The molecule has 2 rings (SSSR count). The first-order valence-corrected chi connectivity index (χ1v) is 7.93. The Kier molecular flexibility index (Phi) is 6.13. The minimum absolute atomic E-state index is 0.0736. The third-order valence-electron chi connectivity index (χ3n) is 3.96. The van der Waals surface area contributed by atoms with Crippen LogP contribution in [0.25, 0.3) is 6.08 Å². The average molecular weight is 327 g/mol. The molecule has 0 unspecified atom stereocenters. The number of nitrogens with zero attached hydrogens (tertiary/aromatic N) is 1. The fourth-order valence-corrected chi connectivity index (χ4v) is 2.54. The minimum Gasteiger partial charge on any atom is -0.497 e. The van der Waals surface area contributed by atoms with Gasteiger partial charge in [-0.05, 0) is 55.3 Å². The lowest BCUT2D eigenvalue weighted by molar-refractivity contribution is -0.127. The number of carbonyl (C=O) groups is 1. The third-order valence-corrected chi connectivity index (χ3v) is 3.96. The number of amides is 1. The zero-order valence-electron chi connectivity index (χ0n) is 14.2. The van der Waals surface area contributed by atoms with Crippen molar-refractivity contribution in [3.8, 4) is 5.75 Å². The van der Waals surface area contributed by atoms with E-state index in [0.29, 0.717) is 6.54 Å². The predicted octanol–water partition coefficient (Wildman–Crippen LogP) is 4.46. The second kappa shape index (κ2) is 8.29. The number of rotatable bonds is 6. The summed E-state index contributed by atoms with van der Waals surface area (Å²) >= 11 is 0. The normalized spacial score (nSPS) is 12.2. The molecule has 0 aromatic heterocycles. The summed E-state index contributed by atoms with van der Waals surface area (Å²) in [5.74, 6) is 0.391. The van der Waals surface area contributed by atoms with Crippen LogP contribution in [0.3, 0.4) is 0 Å². The smallest absolute Gasteiger partial charge is 0.247 e. The number of halogens is 1. The Labute approximate surface area is 142 Å². The fourth-order valence-electron chi connectivity index (χ4n) is 2.54. The summed E-state index contributed by atoms with van der Waals surface area (Å²) in [4.78, 5) is 14.3. The van der Waals surface area contributed by atoms with E-state index in [2.05, 4.69) is 0 Å². The summed E-state index contributed by atoms with van der Waals surface area (Å²) in [6.07, 6.45) is 3.22. The molecular weight excluding hydrogens is 305 g/mol. The zero-order chi connectivity index (χ0) is 17.5. The second-order valence-electron chi connectivity index (χ2n) is 5.46. The quantitative estimate of drug-likeness (QED) is 0.733. The van der Waals surface area contributed by atoms with Crippen molar-refractivity contribution in [2.45, 2.75) is 19.9 Å². The first kappa shape index (κ1) is 17.7. The number of ether oxygens (including phenoxy) is 1. The average Bonchev–Trinajstić information content (AvgIpc) is 2.61. The SMILES string of the molecule is CCN(C(=O)/C=C/c1ccc(F)cc1)[C@@H](C)c1cccc(OC)c1. The fraction of sp³-hybridized carbons (Fsp3) is 0.250. The maximum atomic E-state index is 12.9. The van der Waals surface area contributed by atoms with Crippen LogP contribution >= 0.6 is 0 Å². The molecule has 0 saturated carbocycles. The number of hydrogen-bond acceptors (Lipinski definition) is 2. The van der Waals surface area contributed by atoms with Crippen molar-refractivity contribution in [3.05, 3.63) is 71.6 Å². The summed E-state index contributed by atoms with van der Waals surface area (Å²) in [5.41, 5.74) is 1.80. The topological polar surface area (TPSA) is 29.5 Å². The summed E-state index contributed by atoms with van der Waals surface area (Å²) in [6.45, 7) is 4.52. The molecule has 0 N–H and O–H groups in total. The summed E-state index contributed by atoms with van der Waals surface area (Å²) < 4.78 is 18.2. The number of benzene rings is 2. The van der Waals surface area contributed by atoms with Gasteiger partial charge in [-0.25, -0.2) is 4.39 Å². The first-order chi connectivity index (χ1) is 11.5. The summed E-state index contributed by atoms with van der Waals surface area (Å²) in [5, 5.41) is 0. The van der Waals surface area contributed by atoms with Crippen LogP contribution in [-0.4, -0.2) is 24.5 Å². The van der Waals surface area contributed by atoms with Crippen molar-refractivity contribution in [1.82, 2.24) is 4.90 Å². The highest BCUT2D eigenvalue weighted by molar-refractivity contribution is 5.92. The first-order valence-electron chi connectivity index (χ1n) is 7.93. The number of carbonyl (C=O) groups excluding carboxylic acids is 1. The van der Waals surface area contributed by atoms with Crippen LogP contribution in [0.4, 0.5) is 4.39 Å². The molecule has 0 spiro atoms. The molecule has 4 heteroatoms. The Morgan fingerprint density at radius 3 is 2.58 bits per heavy atom. The van der Waals surface area contributed by atoms with Gasteiger partial charge in [-0.3, -0.25) is 4.79 Å². The van der Waals surface area contributed by atoms with E-state index in [1.165, 1.54) is 18.2 Å². The maximum Gasteiger partial charge on any atom is 0.247 e. The Morgan fingerprint density at radius 2 is 1.96 bits per heavy atom. The zero-order valence-corrected chi connectivity index (χ0v) is 14.2. The molecule has 3 nitrogen and oxygen atoms in total. The predicted molar refractivity (Wildman–Crippen MR) is 94.2 cm³/mol. The Hall–Kier alpha value is -2.62. The standard InChI is InChI=1S/C20H22FNO2/c1-4-22(15(2)17-6-5-7-19(14-17)24-3)20(23)13-10-16-8-11-18(21)12-9-16/h5-15H,4H2,1-3H3/b13-10+/t15-/m0/s1. The van der Waals surface area contributed by atoms with E-state index in [4.69, 9.17) is 4.74 Å². The van der Waals surface area contributed by atoms with Gasteiger partial charge in [-0.2, -0.15) is 0 Å². The number of likely N-dealkylation sites (N-methyl/N-ethyl adjacent to an activating group) is 1. The van der Waals surface area contributed by atoms with E-state index >= 15 is 0 Å². The lowest BCUT2D eigenvalue weighted by Crippen LogP contribution is -2.32.